The van der Waals surface area contributed by atoms with Crippen molar-refractivity contribution in [3.05, 3.63) is 71.8 Å². The lowest BCUT2D eigenvalue weighted by Crippen LogP contribution is -2.30. The van der Waals surface area contributed by atoms with Gasteiger partial charge in [0.1, 0.15) is 0 Å². The third kappa shape index (κ3) is 3.67. The van der Waals surface area contributed by atoms with Crippen LogP contribution in [0.15, 0.2) is 60.7 Å². The number of fused-ring (bicyclic) bond motifs is 1. The fourth-order valence-corrected chi connectivity index (χ4v) is 2.65. The number of anilines is 2. The number of para-hydroxylation sites is 1. The number of nitrogens with one attached hydrogen (secondary N) is 1. The van der Waals surface area contributed by atoms with Gasteiger partial charge in [-0.1, -0.05) is 42.5 Å². The SMILES string of the molecule is Cc1cccc(C(=O)O[C@H](C)C(=O)Nc2ccc3ccccc3c2)c1N. The van der Waals surface area contributed by atoms with Crippen molar-refractivity contribution in [2.75, 3.05) is 11.1 Å². The highest BCUT2D eigenvalue weighted by Gasteiger charge is 2.21. The summed E-state index contributed by atoms with van der Waals surface area (Å²) >= 11 is 0. The van der Waals surface area contributed by atoms with Crippen LogP contribution >= 0.6 is 0 Å². The molecule has 0 aliphatic carbocycles. The van der Waals surface area contributed by atoms with Gasteiger partial charge < -0.3 is 15.8 Å². The predicted octanol–water partition coefficient (Wildman–Crippen LogP) is 3.91. The van der Waals surface area contributed by atoms with Gasteiger partial charge in [-0.15, -0.1) is 0 Å². The molecule has 0 heterocycles. The van der Waals surface area contributed by atoms with Crippen LogP contribution < -0.4 is 11.1 Å². The standard InChI is InChI=1S/C21H20N2O3/c1-13-6-5-9-18(19(13)22)21(25)26-14(2)20(24)23-17-11-10-15-7-3-4-8-16(15)12-17/h3-12,14H,22H2,1-2H3,(H,23,24)/t14-/m1/s1. The number of carbonyl (C=O) groups is 2. The molecule has 3 aromatic rings. The Morgan fingerprint density at radius 2 is 1.73 bits per heavy atom. The Morgan fingerprint density at radius 1 is 1.00 bits per heavy atom. The quantitative estimate of drug-likeness (QED) is 0.553. The van der Waals surface area contributed by atoms with Crippen LogP contribution in [0.25, 0.3) is 10.8 Å². The van der Waals surface area contributed by atoms with Gasteiger partial charge in [0.25, 0.3) is 5.91 Å². The molecule has 0 fully saturated rings. The highest BCUT2D eigenvalue weighted by Crippen LogP contribution is 2.20. The summed E-state index contributed by atoms with van der Waals surface area (Å²) in [5.74, 6) is -1.02. The second-order valence-corrected chi connectivity index (χ2v) is 6.13. The second kappa shape index (κ2) is 7.27. The zero-order chi connectivity index (χ0) is 18.7. The second-order valence-electron chi connectivity index (χ2n) is 6.13. The van der Waals surface area contributed by atoms with Crippen molar-refractivity contribution in [1.82, 2.24) is 0 Å². The minimum absolute atomic E-state index is 0.260. The van der Waals surface area contributed by atoms with Gasteiger partial charge in [-0.05, 0) is 48.4 Å². The molecule has 1 atom stereocenters. The molecule has 3 N–H and O–H groups in total. The molecule has 0 saturated heterocycles. The first kappa shape index (κ1) is 17.5. The summed E-state index contributed by atoms with van der Waals surface area (Å²) in [7, 11) is 0. The number of ether oxygens (including phenoxy) is 1. The maximum atomic E-state index is 12.3. The molecule has 0 aliphatic rings. The van der Waals surface area contributed by atoms with E-state index in [-0.39, 0.29) is 5.56 Å². The third-order valence-electron chi connectivity index (χ3n) is 4.21. The van der Waals surface area contributed by atoms with Gasteiger partial charge in [-0.25, -0.2) is 4.79 Å². The van der Waals surface area contributed by atoms with E-state index >= 15 is 0 Å². The van der Waals surface area contributed by atoms with E-state index in [9.17, 15) is 9.59 Å². The molecule has 0 unspecified atom stereocenters. The number of nitrogen functional groups attached to an aromatic ring is 1. The molecule has 1 amide bonds. The topological polar surface area (TPSA) is 81.4 Å². The Bertz CT molecular complexity index is 982. The van der Waals surface area contributed by atoms with Crippen molar-refractivity contribution in [2.45, 2.75) is 20.0 Å². The van der Waals surface area contributed by atoms with Crippen molar-refractivity contribution < 1.29 is 14.3 Å². The van der Waals surface area contributed by atoms with Crippen molar-refractivity contribution in [3.63, 3.8) is 0 Å². The molecule has 0 bridgehead atoms. The molecular formula is C21H20N2O3. The van der Waals surface area contributed by atoms with E-state index < -0.39 is 18.0 Å². The molecule has 5 heteroatoms. The lowest BCUT2D eigenvalue weighted by Gasteiger charge is -2.15. The molecule has 26 heavy (non-hydrogen) atoms. The molecule has 3 rings (SSSR count). The number of carbonyl (C=O) groups excluding carboxylic acids is 2. The molecular weight excluding hydrogens is 328 g/mol. The van der Waals surface area contributed by atoms with Crippen LogP contribution in [-0.4, -0.2) is 18.0 Å². The van der Waals surface area contributed by atoms with E-state index in [4.69, 9.17) is 10.5 Å². The minimum atomic E-state index is -0.950. The highest BCUT2D eigenvalue weighted by atomic mass is 16.5. The summed E-state index contributed by atoms with van der Waals surface area (Å²) in [6.07, 6.45) is -0.950. The van der Waals surface area contributed by atoms with Crippen molar-refractivity contribution >= 4 is 34.0 Å². The van der Waals surface area contributed by atoms with Gasteiger partial charge in [0.05, 0.1) is 5.56 Å². The average Bonchev–Trinajstić information content (AvgIpc) is 2.63. The maximum Gasteiger partial charge on any atom is 0.341 e. The minimum Gasteiger partial charge on any atom is -0.449 e. The average molecular weight is 348 g/mol. The number of amides is 1. The fraction of sp³-hybridized carbons (Fsp3) is 0.143. The van der Waals surface area contributed by atoms with E-state index in [2.05, 4.69) is 5.32 Å². The molecule has 0 aliphatic heterocycles. The van der Waals surface area contributed by atoms with E-state index in [0.29, 0.717) is 11.4 Å². The number of benzene rings is 3. The molecule has 0 radical (unpaired) electrons. The Kier molecular flexibility index (Phi) is 4.89. The van der Waals surface area contributed by atoms with Crippen LogP contribution in [0.5, 0.6) is 0 Å². The molecule has 0 aromatic heterocycles. The van der Waals surface area contributed by atoms with Crippen molar-refractivity contribution in [3.8, 4) is 0 Å². The molecule has 132 valence electrons. The zero-order valence-corrected chi connectivity index (χ0v) is 14.7. The molecule has 0 saturated carbocycles. The monoisotopic (exact) mass is 348 g/mol. The number of aryl methyl sites for hydroxylation is 1. The van der Waals surface area contributed by atoms with Crippen LogP contribution in [0.4, 0.5) is 11.4 Å². The van der Waals surface area contributed by atoms with Gasteiger partial charge in [-0.2, -0.15) is 0 Å². The summed E-state index contributed by atoms with van der Waals surface area (Å²) in [6, 6.07) is 18.6. The third-order valence-corrected chi connectivity index (χ3v) is 4.21. The number of hydrogen-bond acceptors (Lipinski definition) is 4. The largest absolute Gasteiger partial charge is 0.449 e. The fourth-order valence-electron chi connectivity index (χ4n) is 2.65. The highest BCUT2D eigenvalue weighted by molar-refractivity contribution is 6.00. The zero-order valence-electron chi connectivity index (χ0n) is 14.7. The Hall–Kier alpha value is -3.34. The maximum absolute atomic E-state index is 12.3. The lowest BCUT2D eigenvalue weighted by atomic mass is 10.1. The van der Waals surface area contributed by atoms with E-state index in [1.54, 1.807) is 12.1 Å². The van der Waals surface area contributed by atoms with E-state index in [1.807, 2.05) is 55.5 Å². The van der Waals surface area contributed by atoms with Gasteiger partial charge >= 0.3 is 5.97 Å². The van der Waals surface area contributed by atoms with E-state index in [1.165, 1.54) is 6.92 Å². The molecule has 0 spiro atoms. The summed E-state index contributed by atoms with van der Waals surface area (Å²) in [4.78, 5) is 24.6. The molecule has 5 nitrogen and oxygen atoms in total. The van der Waals surface area contributed by atoms with Crippen molar-refractivity contribution in [1.29, 1.82) is 0 Å². The summed E-state index contributed by atoms with van der Waals surface area (Å²) in [6.45, 7) is 3.34. The van der Waals surface area contributed by atoms with Crippen LogP contribution in [-0.2, 0) is 9.53 Å². The van der Waals surface area contributed by atoms with Crippen LogP contribution in [0.2, 0.25) is 0 Å². The van der Waals surface area contributed by atoms with Gasteiger partial charge in [0.2, 0.25) is 0 Å². The van der Waals surface area contributed by atoms with Crippen LogP contribution in [0, 0.1) is 6.92 Å². The lowest BCUT2D eigenvalue weighted by molar-refractivity contribution is -0.123. The van der Waals surface area contributed by atoms with Gasteiger partial charge in [0, 0.05) is 11.4 Å². The normalized spacial score (nSPS) is 11.8. The number of esters is 1. The first-order valence-electron chi connectivity index (χ1n) is 8.31. The Labute approximate surface area is 151 Å². The Balaban J connectivity index is 1.69. The first-order chi connectivity index (χ1) is 12.5. The van der Waals surface area contributed by atoms with Gasteiger partial charge in [0.15, 0.2) is 6.10 Å². The predicted molar refractivity (Wildman–Crippen MR) is 103 cm³/mol. The van der Waals surface area contributed by atoms with E-state index in [0.717, 1.165) is 16.3 Å². The number of nitrogens with two attached hydrogens (primary N) is 1. The number of hydrogen-bond donors (Lipinski definition) is 2. The smallest absolute Gasteiger partial charge is 0.341 e. The van der Waals surface area contributed by atoms with Crippen LogP contribution in [0.1, 0.15) is 22.8 Å². The van der Waals surface area contributed by atoms with Crippen LogP contribution in [0.3, 0.4) is 0 Å². The molecule has 3 aromatic carbocycles. The van der Waals surface area contributed by atoms with Gasteiger partial charge in [-0.3, -0.25) is 4.79 Å². The van der Waals surface area contributed by atoms with Crippen molar-refractivity contribution in [2.24, 2.45) is 0 Å². The summed E-state index contributed by atoms with van der Waals surface area (Å²) in [5, 5.41) is 4.87. The summed E-state index contributed by atoms with van der Waals surface area (Å²) < 4.78 is 5.26. The number of rotatable bonds is 4. The summed E-state index contributed by atoms with van der Waals surface area (Å²) in [5.41, 5.74) is 7.96. The first-order valence-corrected chi connectivity index (χ1v) is 8.31. The Morgan fingerprint density at radius 3 is 2.50 bits per heavy atom.